The van der Waals surface area contributed by atoms with E-state index in [4.69, 9.17) is 27.9 Å². The van der Waals surface area contributed by atoms with Crippen LogP contribution in [0.5, 0.6) is 5.75 Å². The van der Waals surface area contributed by atoms with Crippen molar-refractivity contribution in [3.05, 3.63) is 58.5 Å². The summed E-state index contributed by atoms with van der Waals surface area (Å²) in [7, 11) is 1.65. The Kier molecular flexibility index (Phi) is 3.59. The number of aryl methyl sites for hydroxylation is 1. The molecule has 0 amide bonds. The first-order valence-corrected chi connectivity index (χ1v) is 8.10. The highest BCUT2D eigenvalue weighted by Crippen LogP contribution is 2.34. The SMILES string of the molecule is COc1cc2ncnc(-n3ccc4c(Cl)c(Cl)ccc43)c2cc1C. The number of methoxy groups -OCH3 is 1. The number of nitrogens with zero attached hydrogens (tertiary/aromatic N) is 3. The summed E-state index contributed by atoms with van der Waals surface area (Å²) in [6, 6.07) is 9.63. The number of benzene rings is 2. The molecule has 0 aliphatic rings. The molecule has 0 aliphatic carbocycles. The van der Waals surface area contributed by atoms with E-state index in [0.29, 0.717) is 10.0 Å². The Morgan fingerprint density at radius 1 is 1.04 bits per heavy atom. The Morgan fingerprint density at radius 2 is 1.88 bits per heavy atom. The zero-order chi connectivity index (χ0) is 16.8. The van der Waals surface area contributed by atoms with Crippen LogP contribution < -0.4 is 4.74 Å². The van der Waals surface area contributed by atoms with Gasteiger partial charge >= 0.3 is 0 Å². The maximum Gasteiger partial charge on any atom is 0.148 e. The van der Waals surface area contributed by atoms with Gasteiger partial charge in [-0.3, -0.25) is 0 Å². The second kappa shape index (κ2) is 5.65. The van der Waals surface area contributed by atoms with Crippen molar-refractivity contribution >= 4 is 45.0 Å². The highest BCUT2D eigenvalue weighted by Gasteiger charge is 2.13. The summed E-state index contributed by atoms with van der Waals surface area (Å²) in [6.07, 6.45) is 3.49. The number of halogens is 2. The normalized spacial score (nSPS) is 11.3. The van der Waals surface area contributed by atoms with Crippen LogP contribution in [0.3, 0.4) is 0 Å². The Labute approximate surface area is 148 Å². The summed E-state index contributed by atoms with van der Waals surface area (Å²) in [6.45, 7) is 2.00. The van der Waals surface area contributed by atoms with Crippen molar-refractivity contribution in [3.8, 4) is 11.6 Å². The molecule has 0 fully saturated rings. The number of ether oxygens (including phenoxy) is 1. The second-order valence-corrected chi connectivity index (χ2v) is 6.30. The van der Waals surface area contributed by atoms with E-state index in [9.17, 15) is 0 Å². The molecule has 6 heteroatoms. The minimum absolute atomic E-state index is 0.537. The van der Waals surface area contributed by atoms with Crippen molar-refractivity contribution in [1.82, 2.24) is 14.5 Å². The summed E-state index contributed by atoms with van der Waals surface area (Å²) in [4.78, 5) is 8.84. The fraction of sp³-hybridized carbons (Fsp3) is 0.111. The molecule has 0 saturated heterocycles. The van der Waals surface area contributed by atoms with Crippen LogP contribution in [0.25, 0.3) is 27.6 Å². The monoisotopic (exact) mass is 357 g/mol. The maximum absolute atomic E-state index is 6.32. The van der Waals surface area contributed by atoms with E-state index >= 15 is 0 Å². The second-order valence-electron chi connectivity index (χ2n) is 5.52. The molecule has 0 N–H and O–H groups in total. The number of hydrogen-bond acceptors (Lipinski definition) is 3. The van der Waals surface area contributed by atoms with Crippen LogP contribution in [0.2, 0.25) is 10.0 Å². The van der Waals surface area contributed by atoms with E-state index in [-0.39, 0.29) is 0 Å². The van der Waals surface area contributed by atoms with Gasteiger partial charge in [0.15, 0.2) is 0 Å². The minimum Gasteiger partial charge on any atom is -0.496 e. The largest absolute Gasteiger partial charge is 0.496 e. The molecular formula is C18H13Cl2N3O. The first kappa shape index (κ1) is 15.2. The standard InChI is InChI=1S/C18H13Cl2N3O/c1-10-7-12-14(8-16(10)24-2)21-9-22-18(12)23-6-5-11-15(23)4-3-13(19)17(11)20/h3-9H,1-2H3. The average Bonchev–Trinajstić information content (AvgIpc) is 3.01. The molecule has 4 aromatic rings. The Bertz CT molecular complexity index is 1090. The molecule has 0 spiro atoms. The van der Waals surface area contributed by atoms with Crippen LogP contribution >= 0.6 is 23.2 Å². The molecule has 0 bridgehead atoms. The predicted molar refractivity (Wildman–Crippen MR) is 97.7 cm³/mol. The lowest BCUT2D eigenvalue weighted by Crippen LogP contribution is -1.99. The van der Waals surface area contributed by atoms with E-state index in [1.54, 1.807) is 19.5 Å². The Hall–Kier alpha value is -2.30. The zero-order valence-electron chi connectivity index (χ0n) is 13.0. The molecule has 0 unspecified atom stereocenters. The van der Waals surface area contributed by atoms with Crippen molar-refractivity contribution in [1.29, 1.82) is 0 Å². The van der Waals surface area contributed by atoms with Gasteiger partial charge in [-0.05, 0) is 36.8 Å². The van der Waals surface area contributed by atoms with Crippen LogP contribution in [0.15, 0.2) is 42.9 Å². The average molecular weight is 358 g/mol. The van der Waals surface area contributed by atoms with E-state index < -0.39 is 0 Å². The Balaban J connectivity index is 2.04. The van der Waals surface area contributed by atoms with E-state index in [1.807, 2.05) is 42.0 Å². The molecule has 2 heterocycles. The smallest absolute Gasteiger partial charge is 0.148 e. The van der Waals surface area contributed by atoms with E-state index in [1.165, 1.54) is 0 Å². The molecule has 24 heavy (non-hydrogen) atoms. The van der Waals surface area contributed by atoms with Crippen LogP contribution in [0.1, 0.15) is 5.56 Å². The van der Waals surface area contributed by atoms with Gasteiger partial charge in [0.25, 0.3) is 0 Å². The molecule has 120 valence electrons. The summed E-state index contributed by atoms with van der Waals surface area (Å²) >= 11 is 12.4. The molecule has 0 atom stereocenters. The van der Waals surface area contributed by atoms with Gasteiger partial charge in [0, 0.05) is 23.0 Å². The molecule has 4 rings (SSSR count). The fourth-order valence-corrected chi connectivity index (χ4v) is 3.32. The first-order valence-electron chi connectivity index (χ1n) is 7.35. The zero-order valence-corrected chi connectivity index (χ0v) is 14.6. The van der Waals surface area contributed by atoms with Crippen molar-refractivity contribution in [3.63, 3.8) is 0 Å². The van der Waals surface area contributed by atoms with Gasteiger partial charge in [-0.15, -0.1) is 0 Å². The quantitative estimate of drug-likeness (QED) is 0.495. The maximum atomic E-state index is 6.32. The third kappa shape index (κ3) is 2.22. The van der Waals surface area contributed by atoms with Crippen LogP contribution in [0.4, 0.5) is 0 Å². The van der Waals surface area contributed by atoms with E-state index in [2.05, 4.69) is 9.97 Å². The summed E-state index contributed by atoms with van der Waals surface area (Å²) < 4.78 is 7.38. The number of fused-ring (bicyclic) bond motifs is 2. The summed E-state index contributed by atoms with van der Waals surface area (Å²) in [5, 5.41) is 2.92. The first-order chi connectivity index (χ1) is 11.6. The van der Waals surface area contributed by atoms with Gasteiger partial charge in [0.1, 0.15) is 17.9 Å². The molecule has 0 radical (unpaired) electrons. The van der Waals surface area contributed by atoms with Crippen molar-refractivity contribution in [2.45, 2.75) is 6.92 Å². The molecule has 0 aliphatic heterocycles. The van der Waals surface area contributed by atoms with Gasteiger partial charge in [0.05, 0.1) is 28.2 Å². The van der Waals surface area contributed by atoms with E-state index in [0.717, 1.165) is 38.9 Å². The Morgan fingerprint density at radius 3 is 2.67 bits per heavy atom. The fourth-order valence-electron chi connectivity index (χ4n) is 2.93. The lowest BCUT2D eigenvalue weighted by molar-refractivity contribution is 0.412. The van der Waals surface area contributed by atoms with Crippen LogP contribution in [0, 0.1) is 6.92 Å². The molecule has 2 aromatic heterocycles. The third-order valence-electron chi connectivity index (χ3n) is 4.12. The highest BCUT2D eigenvalue weighted by atomic mass is 35.5. The van der Waals surface area contributed by atoms with Gasteiger partial charge in [0.2, 0.25) is 0 Å². The molecular weight excluding hydrogens is 345 g/mol. The highest BCUT2D eigenvalue weighted by molar-refractivity contribution is 6.45. The predicted octanol–water partition coefficient (Wildman–Crippen LogP) is 5.20. The summed E-state index contributed by atoms with van der Waals surface area (Å²) in [5.74, 6) is 1.60. The van der Waals surface area contributed by atoms with Crippen molar-refractivity contribution in [2.75, 3.05) is 7.11 Å². The molecule has 0 saturated carbocycles. The lowest BCUT2D eigenvalue weighted by atomic mass is 10.1. The topological polar surface area (TPSA) is 39.9 Å². The number of hydrogen-bond donors (Lipinski definition) is 0. The number of rotatable bonds is 2. The lowest BCUT2D eigenvalue weighted by Gasteiger charge is -2.11. The minimum atomic E-state index is 0.537. The van der Waals surface area contributed by atoms with Crippen LogP contribution in [-0.2, 0) is 0 Å². The molecule has 2 aromatic carbocycles. The third-order valence-corrected chi connectivity index (χ3v) is 4.94. The van der Waals surface area contributed by atoms with Crippen molar-refractivity contribution < 1.29 is 4.74 Å². The van der Waals surface area contributed by atoms with Gasteiger partial charge < -0.3 is 9.30 Å². The number of aromatic nitrogens is 3. The van der Waals surface area contributed by atoms with Gasteiger partial charge in [-0.2, -0.15) is 0 Å². The van der Waals surface area contributed by atoms with Crippen LogP contribution in [-0.4, -0.2) is 21.6 Å². The van der Waals surface area contributed by atoms with Crippen molar-refractivity contribution in [2.24, 2.45) is 0 Å². The van der Waals surface area contributed by atoms with Gasteiger partial charge in [-0.25, -0.2) is 9.97 Å². The van der Waals surface area contributed by atoms with Gasteiger partial charge in [-0.1, -0.05) is 23.2 Å². The summed E-state index contributed by atoms with van der Waals surface area (Å²) in [5.41, 5.74) is 2.79. The molecule has 4 nitrogen and oxygen atoms in total.